The molecule has 1 aromatic heterocycles. The second-order valence-corrected chi connectivity index (χ2v) is 3.55. The molecule has 0 saturated heterocycles. The van der Waals surface area contributed by atoms with Gasteiger partial charge in [0.1, 0.15) is 0 Å². The van der Waals surface area contributed by atoms with Crippen molar-refractivity contribution in [1.29, 1.82) is 0 Å². The third kappa shape index (κ3) is 2.43. The molecule has 0 bridgehead atoms. The molecule has 0 aliphatic heterocycles. The summed E-state index contributed by atoms with van der Waals surface area (Å²) in [6.45, 7) is 7.85. The number of thiophene rings is 1. The smallest absolute Gasteiger partial charge is 0.00121 e. The Morgan fingerprint density at radius 1 is 1.46 bits per heavy atom. The molecule has 0 spiro atoms. The zero-order valence-electron chi connectivity index (χ0n) is 8.08. The van der Waals surface area contributed by atoms with Gasteiger partial charge in [0.25, 0.3) is 0 Å². The highest BCUT2D eigenvalue weighted by molar-refractivity contribution is 7.08. The fraction of sp³-hybridized carbons (Fsp3) is 0.167. The number of allylic oxidation sites excluding steroid dienone is 5. The van der Waals surface area contributed by atoms with Crippen molar-refractivity contribution >= 4 is 16.9 Å². The minimum atomic E-state index is 1.26. The average Bonchev–Trinajstić information content (AvgIpc) is 2.54. The molecule has 1 heterocycles. The Morgan fingerprint density at radius 3 is 2.69 bits per heavy atom. The van der Waals surface area contributed by atoms with E-state index in [0.717, 1.165) is 0 Å². The Labute approximate surface area is 83.9 Å². The standard InChI is InChI=1S/C12H14S/c1-4-6-7-11(5-2)12-9-13-8-10(12)3/h4-9H,1H2,2-3H3/b7-6-,11-5+. The minimum Gasteiger partial charge on any atom is -0.151 e. The van der Waals surface area contributed by atoms with Gasteiger partial charge in [0, 0.05) is 0 Å². The van der Waals surface area contributed by atoms with Crippen LogP contribution in [0.2, 0.25) is 0 Å². The Balaban J connectivity index is 2.98. The minimum absolute atomic E-state index is 1.26. The highest BCUT2D eigenvalue weighted by atomic mass is 32.1. The summed E-state index contributed by atoms with van der Waals surface area (Å²) in [5.41, 5.74) is 3.93. The first-order valence-electron chi connectivity index (χ1n) is 4.28. The van der Waals surface area contributed by atoms with Crippen LogP contribution in [-0.4, -0.2) is 0 Å². The lowest BCUT2D eigenvalue weighted by molar-refractivity contribution is 1.50. The van der Waals surface area contributed by atoms with Crippen LogP contribution in [0, 0.1) is 6.92 Å². The maximum atomic E-state index is 3.66. The monoisotopic (exact) mass is 190 g/mol. The van der Waals surface area contributed by atoms with Gasteiger partial charge in [-0.2, -0.15) is 11.3 Å². The van der Waals surface area contributed by atoms with Crippen LogP contribution in [0.3, 0.4) is 0 Å². The van der Waals surface area contributed by atoms with Crippen LogP contribution in [-0.2, 0) is 0 Å². The van der Waals surface area contributed by atoms with Crippen LogP contribution in [0.5, 0.6) is 0 Å². The van der Waals surface area contributed by atoms with Gasteiger partial charge in [-0.25, -0.2) is 0 Å². The van der Waals surface area contributed by atoms with Crippen LogP contribution in [0.1, 0.15) is 18.1 Å². The van der Waals surface area contributed by atoms with Gasteiger partial charge < -0.3 is 0 Å². The molecule has 0 aliphatic carbocycles. The van der Waals surface area contributed by atoms with Gasteiger partial charge >= 0.3 is 0 Å². The molecule has 0 fully saturated rings. The fourth-order valence-electron chi connectivity index (χ4n) is 1.17. The summed E-state index contributed by atoms with van der Waals surface area (Å²) in [5.74, 6) is 0. The average molecular weight is 190 g/mol. The molecule has 1 aromatic rings. The van der Waals surface area contributed by atoms with Crippen LogP contribution < -0.4 is 0 Å². The third-order valence-corrected chi connectivity index (χ3v) is 2.75. The van der Waals surface area contributed by atoms with Crippen molar-refractivity contribution in [2.45, 2.75) is 13.8 Å². The van der Waals surface area contributed by atoms with Crippen molar-refractivity contribution in [3.63, 3.8) is 0 Å². The van der Waals surface area contributed by atoms with Gasteiger partial charge in [-0.05, 0) is 41.3 Å². The Hall–Kier alpha value is -1.08. The maximum Gasteiger partial charge on any atom is -0.00121 e. The van der Waals surface area contributed by atoms with Gasteiger partial charge in [-0.1, -0.05) is 30.9 Å². The van der Waals surface area contributed by atoms with Crippen molar-refractivity contribution in [1.82, 2.24) is 0 Å². The number of aryl methyl sites for hydroxylation is 1. The zero-order valence-corrected chi connectivity index (χ0v) is 8.90. The Morgan fingerprint density at radius 2 is 2.23 bits per heavy atom. The summed E-state index contributed by atoms with van der Waals surface area (Å²) in [6, 6.07) is 0. The van der Waals surface area contributed by atoms with Crippen molar-refractivity contribution < 1.29 is 0 Å². The lowest BCUT2D eigenvalue weighted by atomic mass is 10.1. The molecule has 13 heavy (non-hydrogen) atoms. The van der Waals surface area contributed by atoms with E-state index in [-0.39, 0.29) is 0 Å². The van der Waals surface area contributed by atoms with Crippen molar-refractivity contribution in [3.8, 4) is 0 Å². The maximum absolute atomic E-state index is 3.66. The van der Waals surface area contributed by atoms with Crippen molar-refractivity contribution in [3.05, 3.63) is 52.8 Å². The van der Waals surface area contributed by atoms with E-state index < -0.39 is 0 Å². The predicted octanol–water partition coefficient (Wildman–Crippen LogP) is 4.20. The molecule has 0 aromatic carbocycles. The first-order valence-corrected chi connectivity index (χ1v) is 5.22. The highest BCUT2D eigenvalue weighted by Crippen LogP contribution is 2.23. The summed E-state index contributed by atoms with van der Waals surface area (Å²) >= 11 is 1.74. The van der Waals surface area contributed by atoms with E-state index >= 15 is 0 Å². The Kier molecular flexibility index (Phi) is 3.71. The fourth-order valence-corrected chi connectivity index (χ4v) is 2.03. The molecule has 0 unspecified atom stereocenters. The van der Waals surface area contributed by atoms with Crippen LogP contribution in [0.4, 0.5) is 0 Å². The quantitative estimate of drug-likeness (QED) is 0.626. The normalized spacial score (nSPS) is 12.3. The van der Waals surface area contributed by atoms with E-state index in [0.29, 0.717) is 0 Å². The molecule has 0 radical (unpaired) electrons. The molecule has 0 atom stereocenters. The van der Waals surface area contributed by atoms with E-state index in [1.54, 1.807) is 17.4 Å². The summed E-state index contributed by atoms with van der Waals surface area (Å²) in [7, 11) is 0. The SMILES string of the molecule is C=C/C=C\C(=C/C)c1cscc1C. The van der Waals surface area contributed by atoms with Crippen LogP contribution in [0.15, 0.2) is 41.6 Å². The Bertz CT molecular complexity index is 340. The lowest BCUT2D eigenvalue weighted by Gasteiger charge is -1.99. The molecule has 1 rings (SSSR count). The number of rotatable bonds is 3. The van der Waals surface area contributed by atoms with Crippen LogP contribution >= 0.6 is 11.3 Å². The van der Waals surface area contributed by atoms with Crippen molar-refractivity contribution in [2.75, 3.05) is 0 Å². The van der Waals surface area contributed by atoms with E-state index in [2.05, 4.69) is 43.3 Å². The molecule has 0 aliphatic rings. The second kappa shape index (κ2) is 4.83. The molecule has 1 heteroatoms. The zero-order chi connectivity index (χ0) is 9.68. The second-order valence-electron chi connectivity index (χ2n) is 2.81. The summed E-state index contributed by atoms with van der Waals surface area (Å²) < 4.78 is 0. The lowest BCUT2D eigenvalue weighted by Crippen LogP contribution is -1.79. The third-order valence-electron chi connectivity index (χ3n) is 1.89. The first kappa shape index (κ1) is 10.0. The van der Waals surface area contributed by atoms with Gasteiger partial charge in [0.05, 0.1) is 0 Å². The molecular formula is C12H14S. The summed E-state index contributed by atoms with van der Waals surface area (Å²) in [4.78, 5) is 0. The topological polar surface area (TPSA) is 0 Å². The van der Waals surface area contributed by atoms with E-state index in [1.807, 2.05) is 6.08 Å². The van der Waals surface area contributed by atoms with E-state index in [4.69, 9.17) is 0 Å². The molecule has 0 N–H and O–H groups in total. The molecule has 0 nitrogen and oxygen atoms in total. The first-order chi connectivity index (χ1) is 6.29. The largest absolute Gasteiger partial charge is 0.151 e. The van der Waals surface area contributed by atoms with Gasteiger partial charge in [0.2, 0.25) is 0 Å². The molecule has 68 valence electrons. The predicted molar refractivity (Wildman–Crippen MR) is 62.0 cm³/mol. The van der Waals surface area contributed by atoms with Crippen LogP contribution in [0.25, 0.3) is 5.57 Å². The number of hydrogen-bond acceptors (Lipinski definition) is 1. The van der Waals surface area contributed by atoms with Gasteiger partial charge in [0.15, 0.2) is 0 Å². The highest BCUT2D eigenvalue weighted by Gasteiger charge is 2.00. The van der Waals surface area contributed by atoms with Gasteiger partial charge in [-0.15, -0.1) is 0 Å². The van der Waals surface area contributed by atoms with E-state index in [1.165, 1.54) is 16.7 Å². The summed E-state index contributed by atoms with van der Waals surface area (Å²) in [5, 5.41) is 4.35. The summed E-state index contributed by atoms with van der Waals surface area (Å²) in [6.07, 6.45) is 7.97. The molecule has 0 saturated carbocycles. The number of hydrogen-bond donors (Lipinski definition) is 0. The van der Waals surface area contributed by atoms with Gasteiger partial charge in [-0.3, -0.25) is 0 Å². The van der Waals surface area contributed by atoms with E-state index in [9.17, 15) is 0 Å². The molecule has 0 amide bonds. The molecular weight excluding hydrogens is 176 g/mol. The van der Waals surface area contributed by atoms with Crippen molar-refractivity contribution in [2.24, 2.45) is 0 Å².